The number of carboxylic acids is 1. The van der Waals surface area contributed by atoms with Crippen LogP contribution in [0, 0.1) is 0 Å². The fourth-order valence-electron chi connectivity index (χ4n) is 4.08. The quantitative estimate of drug-likeness (QED) is 0.833. The van der Waals surface area contributed by atoms with Crippen LogP contribution >= 0.6 is 0 Å². The molecule has 1 amide bonds. The molecule has 1 aliphatic carbocycles. The van der Waals surface area contributed by atoms with E-state index in [1.165, 1.54) is 0 Å². The van der Waals surface area contributed by atoms with Crippen molar-refractivity contribution >= 4 is 11.9 Å². The third-order valence-electron chi connectivity index (χ3n) is 5.41. The van der Waals surface area contributed by atoms with Gasteiger partial charge in [0.05, 0.1) is 24.2 Å². The number of carbonyl (C=O) groups is 2. The first-order valence-electron chi connectivity index (χ1n) is 8.61. The van der Waals surface area contributed by atoms with Crippen LogP contribution in [0.2, 0.25) is 0 Å². The lowest BCUT2D eigenvalue weighted by atomic mass is 9.79. The minimum absolute atomic E-state index is 0.0639. The Hall–Kier alpha value is -1.99. The minimum Gasteiger partial charge on any atom is -0.480 e. The average Bonchev–Trinajstić information content (AvgIpc) is 3.00. The Kier molecular flexibility index (Phi) is 5.34. The number of pyridine rings is 1. The molecule has 25 heavy (non-hydrogen) atoms. The summed E-state index contributed by atoms with van der Waals surface area (Å²) in [5.74, 6) is -0.908. The molecule has 3 rings (SSSR count). The summed E-state index contributed by atoms with van der Waals surface area (Å²) < 4.78 is 11.3. The summed E-state index contributed by atoms with van der Waals surface area (Å²) in [4.78, 5) is 29.4. The molecule has 1 saturated heterocycles. The fourth-order valence-corrected chi connectivity index (χ4v) is 4.08. The van der Waals surface area contributed by atoms with Gasteiger partial charge in [-0.25, -0.2) is 4.79 Å². The van der Waals surface area contributed by atoms with Gasteiger partial charge in [-0.15, -0.1) is 0 Å². The Morgan fingerprint density at radius 2 is 2.12 bits per heavy atom. The van der Waals surface area contributed by atoms with Crippen LogP contribution in [0.25, 0.3) is 0 Å². The molecule has 7 nitrogen and oxygen atoms in total. The second-order valence-corrected chi connectivity index (χ2v) is 6.76. The van der Waals surface area contributed by atoms with E-state index in [-0.39, 0.29) is 30.3 Å². The summed E-state index contributed by atoms with van der Waals surface area (Å²) >= 11 is 0. The molecule has 1 aromatic rings. The maximum absolute atomic E-state index is 12.8. The number of methoxy groups -OCH3 is 1. The van der Waals surface area contributed by atoms with Crippen molar-refractivity contribution in [2.24, 2.45) is 0 Å². The highest BCUT2D eigenvalue weighted by atomic mass is 16.5. The van der Waals surface area contributed by atoms with Crippen LogP contribution in [0.15, 0.2) is 24.5 Å². The van der Waals surface area contributed by atoms with Gasteiger partial charge in [0.15, 0.2) is 0 Å². The summed E-state index contributed by atoms with van der Waals surface area (Å²) in [6, 6.07) is 3.62. The lowest BCUT2D eigenvalue weighted by Gasteiger charge is -2.43. The van der Waals surface area contributed by atoms with Gasteiger partial charge in [-0.2, -0.15) is 0 Å². The van der Waals surface area contributed by atoms with Crippen molar-refractivity contribution in [2.45, 2.75) is 49.9 Å². The van der Waals surface area contributed by atoms with E-state index in [2.05, 4.69) is 4.98 Å². The maximum atomic E-state index is 12.8. The molecular formula is C18H24N2O5. The number of amides is 1. The van der Waals surface area contributed by atoms with Crippen LogP contribution in [-0.4, -0.2) is 64.9 Å². The van der Waals surface area contributed by atoms with E-state index < -0.39 is 5.97 Å². The number of hydrogen-bond acceptors (Lipinski definition) is 5. The molecule has 0 bridgehead atoms. The highest BCUT2D eigenvalue weighted by Crippen LogP contribution is 2.43. The van der Waals surface area contributed by atoms with Crippen molar-refractivity contribution in [3.8, 4) is 0 Å². The Bertz CT molecular complexity index is 623. The van der Waals surface area contributed by atoms with Gasteiger partial charge in [-0.1, -0.05) is 0 Å². The van der Waals surface area contributed by atoms with Crippen LogP contribution in [0.4, 0.5) is 0 Å². The van der Waals surface area contributed by atoms with Crippen LogP contribution < -0.4 is 0 Å². The molecule has 136 valence electrons. The van der Waals surface area contributed by atoms with Gasteiger partial charge < -0.3 is 19.5 Å². The number of nitrogens with zero attached hydrogens (tertiary/aromatic N) is 2. The summed E-state index contributed by atoms with van der Waals surface area (Å²) in [5, 5.41) is 8.81. The Labute approximate surface area is 146 Å². The van der Waals surface area contributed by atoms with E-state index in [1.54, 1.807) is 19.5 Å². The van der Waals surface area contributed by atoms with E-state index >= 15 is 0 Å². The largest absolute Gasteiger partial charge is 0.480 e. The predicted octanol–water partition coefficient (Wildman–Crippen LogP) is 1.26. The summed E-state index contributed by atoms with van der Waals surface area (Å²) in [5.41, 5.74) is 0.598. The third kappa shape index (κ3) is 3.82. The molecule has 0 unspecified atom stereocenters. The molecule has 1 saturated carbocycles. The number of aliphatic carboxylic acids is 1. The third-order valence-corrected chi connectivity index (χ3v) is 5.41. The Balaban J connectivity index is 1.69. The van der Waals surface area contributed by atoms with E-state index in [4.69, 9.17) is 14.6 Å². The molecule has 0 spiro atoms. The lowest BCUT2D eigenvalue weighted by molar-refractivity contribution is -0.151. The first kappa shape index (κ1) is 17.8. The number of carboxylic acid groups (broad SMARTS) is 1. The molecule has 2 fully saturated rings. The fraction of sp³-hybridized carbons (Fsp3) is 0.611. The van der Waals surface area contributed by atoms with Crippen LogP contribution in [0.1, 0.15) is 31.2 Å². The second kappa shape index (κ2) is 7.49. The van der Waals surface area contributed by atoms with E-state index in [0.29, 0.717) is 19.4 Å². The topological polar surface area (TPSA) is 89.0 Å². The Morgan fingerprint density at radius 1 is 1.36 bits per heavy atom. The smallest absolute Gasteiger partial charge is 0.329 e. The van der Waals surface area contributed by atoms with Crippen molar-refractivity contribution in [3.05, 3.63) is 30.1 Å². The normalized spacial score (nSPS) is 28.6. The zero-order valence-electron chi connectivity index (χ0n) is 14.4. The standard InChI is InChI=1S/C18H24N2O5/c1-24-18-5-2-14(25-12-17(22)23)11-15(18)20(9-6-18)16(21)10-13-3-7-19-8-4-13/h3-4,7-8,14-15H,2,5-6,9-12H2,1H3,(H,22,23)/t14-,15+,18-/m1/s1. The average molecular weight is 348 g/mol. The van der Waals surface area contributed by atoms with Crippen molar-refractivity contribution in [2.75, 3.05) is 20.3 Å². The zero-order chi connectivity index (χ0) is 17.9. The van der Waals surface area contributed by atoms with Gasteiger partial charge >= 0.3 is 5.97 Å². The van der Waals surface area contributed by atoms with Gasteiger partial charge in [-0.3, -0.25) is 9.78 Å². The van der Waals surface area contributed by atoms with Crippen molar-refractivity contribution < 1.29 is 24.2 Å². The second-order valence-electron chi connectivity index (χ2n) is 6.76. The molecule has 0 aromatic carbocycles. The highest BCUT2D eigenvalue weighted by Gasteiger charge is 2.52. The number of ether oxygens (including phenoxy) is 2. The van der Waals surface area contributed by atoms with Crippen molar-refractivity contribution in [1.29, 1.82) is 0 Å². The molecule has 1 N–H and O–H groups in total. The first-order chi connectivity index (χ1) is 12.0. The lowest BCUT2D eigenvalue weighted by Crippen LogP contribution is -2.53. The SMILES string of the molecule is CO[C@@]12CC[C@@H](OCC(=O)O)C[C@@H]1N(C(=O)Cc1ccncc1)CC2. The molecule has 0 radical (unpaired) electrons. The number of likely N-dealkylation sites (tertiary alicyclic amines) is 1. The first-order valence-corrected chi connectivity index (χ1v) is 8.61. The van der Waals surface area contributed by atoms with Crippen LogP contribution in [-0.2, 0) is 25.5 Å². The minimum atomic E-state index is -0.972. The van der Waals surface area contributed by atoms with Gasteiger partial charge in [0.25, 0.3) is 0 Å². The predicted molar refractivity (Wildman–Crippen MR) is 89.0 cm³/mol. The van der Waals surface area contributed by atoms with E-state index in [1.807, 2.05) is 17.0 Å². The van der Waals surface area contributed by atoms with Crippen molar-refractivity contribution in [3.63, 3.8) is 0 Å². The molecule has 1 aliphatic heterocycles. The molecule has 7 heteroatoms. The summed E-state index contributed by atoms with van der Waals surface area (Å²) in [6.45, 7) is 0.358. The number of rotatable bonds is 6. The summed E-state index contributed by atoms with van der Waals surface area (Å²) in [7, 11) is 1.70. The van der Waals surface area contributed by atoms with Gasteiger partial charge in [0.2, 0.25) is 5.91 Å². The van der Waals surface area contributed by atoms with Crippen LogP contribution in [0.3, 0.4) is 0 Å². The van der Waals surface area contributed by atoms with E-state index in [0.717, 1.165) is 24.8 Å². The monoisotopic (exact) mass is 348 g/mol. The number of carbonyl (C=O) groups excluding carboxylic acids is 1. The molecule has 2 heterocycles. The van der Waals surface area contributed by atoms with Crippen LogP contribution in [0.5, 0.6) is 0 Å². The van der Waals surface area contributed by atoms with E-state index in [9.17, 15) is 9.59 Å². The Morgan fingerprint density at radius 3 is 2.80 bits per heavy atom. The summed E-state index contributed by atoms with van der Waals surface area (Å²) in [6.07, 6.45) is 6.50. The van der Waals surface area contributed by atoms with Crippen molar-refractivity contribution in [1.82, 2.24) is 9.88 Å². The zero-order valence-corrected chi connectivity index (χ0v) is 14.4. The molecule has 2 aliphatic rings. The molecule has 1 aromatic heterocycles. The molecular weight excluding hydrogens is 324 g/mol. The van der Waals surface area contributed by atoms with Gasteiger partial charge in [0, 0.05) is 26.0 Å². The maximum Gasteiger partial charge on any atom is 0.329 e. The number of aromatic nitrogens is 1. The van der Waals surface area contributed by atoms with Gasteiger partial charge in [-0.05, 0) is 43.4 Å². The highest BCUT2D eigenvalue weighted by molar-refractivity contribution is 5.79. The number of fused-ring (bicyclic) bond motifs is 1. The number of hydrogen-bond donors (Lipinski definition) is 1. The molecule has 3 atom stereocenters. The van der Waals surface area contributed by atoms with Gasteiger partial charge in [0.1, 0.15) is 6.61 Å².